The molecule has 26 heavy (non-hydrogen) atoms. The number of thioether (sulfide) groups is 1. The molecule has 7 nitrogen and oxygen atoms in total. The van der Waals surface area contributed by atoms with Crippen LogP contribution in [0, 0.1) is 5.92 Å². The standard InChI is InChI=1S/C18H29N5O2S/c1-2-3-11-26-18-20-15(19)12-16(21-18)23-6-4-5-14(13-23)17(24)22-7-9-25-10-8-22/h12,14H,2-11,13H2,1H3,(H2,19,20,21)/t14-/m0/s1. The summed E-state index contributed by atoms with van der Waals surface area (Å²) in [6.07, 6.45) is 4.21. The number of unbranched alkanes of at least 4 members (excludes halogenated alkanes) is 1. The number of aromatic nitrogens is 2. The Morgan fingerprint density at radius 3 is 2.92 bits per heavy atom. The first-order chi connectivity index (χ1) is 12.7. The zero-order chi connectivity index (χ0) is 18.4. The van der Waals surface area contributed by atoms with Gasteiger partial charge >= 0.3 is 0 Å². The Kier molecular flexibility index (Phi) is 6.96. The predicted octanol–water partition coefficient (Wildman–Crippen LogP) is 2.03. The van der Waals surface area contributed by atoms with Gasteiger partial charge in [-0.25, -0.2) is 9.97 Å². The van der Waals surface area contributed by atoms with Gasteiger partial charge in [-0.15, -0.1) is 0 Å². The van der Waals surface area contributed by atoms with Gasteiger partial charge in [-0.2, -0.15) is 0 Å². The molecule has 2 N–H and O–H groups in total. The van der Waals surface area contributed by atoms with Crippen molar-refractivity contribution in [2.75, 3.05) is 55.8 Å². The highest BCUT2D eigenvalue weighted by Gasteiger charge is 2.30. The van der Waals surface area contributed by atoms with E-state index in [1.807, 2.05) is 11.0 Å². The number of rotatable bonds is 6. The zero-order valence-corrected chi connectivity index (χ0v) is 16.3. The Bertz CT molecular complexity index is 609. The number of nitrogen functional groups attached to an aromatic ring is 1. The summed E-state index contributed by atoms with van der Waals surface area (Å²) in [6.45, 7) is 6.47. The van der Waals surface area contributed by atoms with E-state index >= 15 is 0 Å². The van der Waals surface area contributed by atoms with Crippen LogP contribution < -0.4 is 10.6 Å². The van der Waals surface area contributed by atoms with Gasteiger partial charge in [0.25, 0.3) is 0 Å². The van der Waals surface area contributed by atoms with Gasteiger partial charge in [0, 0.05) is 38.0 Å². The van der Waals surface area contributed by atoms with E-state index in [0.717, 1.165) is 49.0 Å². The van der Waals surface area contributed by atoms with Crippen molar-refractivity contribution in [2.45, 2.75) is 37.8 Å². The Morgan fingerprint density at radius 1 is 1.35 bits per heavy atom. The molecule has 0 unspecified atom stereocenters. The molecule has 0 bridgehead atoms. The Labute approximate surface area is 159 Å². The van der Waals surface area contributed by atoms with Gasteiger partial charge in [-0.1, -0.05) is 25.1 Å². The minimum Gasteiger partial charge on any atom is -0.383 e. The lowest BCUT2D eigenvalue weighted by molar-refractivity contribution is -0.139. The van der Waals surface area contributed by atoms with E-state index in [4.69, 9.17) is 10.5 Å². The predicted molar refractivity (Wildman–Crippen MR) is 104 cm³/mol. The van der Waals surface area contributed by atoms with E-state index in [-0.39, 0.29) is 11.8 Å². The van der Waals surface area contributed by atoms with Gasteiger partial charge in [-0.3, -0.25) is 4.79 Å². The minimum absolute atomic E-state index is 0.0224. The molecular formula is C18H29N5O2S. The topological polar surface area (TPSA) is 84.6 Å². The monoisotopic (exact) mass is 379 g/mol. The second kappa shape index (κ2) is 9.41. The summed E-state index contributed by atoms with van der Waals surface area (Å²) in [7, 11) is 0. The van der Waals surface area contributed by atoms with E-state index in [0.29, 0.717) is 38.7 Å². The van der Waals surface area contributed by atoms with Crippen molar-refractivity contribution >= 4 is 29.3 Å². The fourth-order valence-electron chi connectivity index (χ4n) is 3.39. The lowest BCUT2D eigenvalue weighted by Gasteiger charge is -2.36. The number of piperidine rings is 1. The number of hydrogen-bond donors (Lipinski definition) is 1. The quantitative estimate of drug-likeness (QED) is 0.460. The van der Waals surface area contributed by atoms with E-state index in [9.17, 15) is 4.79 Å². The number of morpholine rings is 1. The van der Waals surface area contributed by atoms with Gasteiger partial charge in [0.15, 0.2) is 5.16 Å². The highest BCUT2D eigenvalue weighted by Crippen LogP contribution is 2.26. The number of carbonyl (C=O) groups is 1. The molecular weight excluding hydrogens is 350 g/mol. The van der Waals surface area contributed by atoms with Crippen molar-refractivity contribution in [1.82, 2.24) is 14.9 Å². The molecule has 3 rings (SSSR count). The van der Waals surface area contributed by atoms with Crippen LogP contribution >= 0.6 is 11.8 Å². The van der Waals surface area contributed by atoms with Gasteiger partial charge in [0.2, 0.25) is 5.91 Å². The lowest BCUT2D eigenvalue weighted by Crippen LogP contribution is -2.48. The highest BCUT2D eigenvalue weighted by molar-refractivity contribution is 7.99. The van der Waals surface area contributed by atoms with Crippen LogP contribution in [0.25, 0.3) is 0 Å². The first-order valence-corrected chi connectivity index (χ1v) is 10.5. The number of nitrogens with two attached hydrogens (primary N) is 1. The number of amides is 1. The number of hydrogen-bond acceptors (Lipinski definition) is 7. The molecule has 0 aliphatic carbocycles. The van der Waals surface area contributed by atoms with Crippen LogP contribution in [0.1, 0.15) is 32.6 Å². The zero-order valence-electron chi connectivity index (χ0n) is 15.5. The molecule has 1 aromatic rings. The molecule has 2 fully saturated rings. The molecule has 0 saturated carbocycles. The van der Waals surface area contributed by atoms with Crippen molar-refractivity contribution in [3.63, 3.8) is 0 Å². The second-order valence-corrected chi connectivity index (χ2v) is 7.92. The van der Waals surface area contributed by atoms with Crippen molar-refractivity contribution < 1.29 is 9.53 Å². The molecule has 144 valence electrons. The number of nitrogens with zero attached hydrogens (tertiary/aromatic N) is 4. The summed E-state index contributed by atoms with van der Waals surface area (Å²) >= 11 is 1.65. The van der Waals surface area contributed by atoms with Gasteiger partial charge < -0.3 is 20.3 Å². The normalized spacial score (nSPS) is 21.0. The molecule has 1 aromatic heterocycles. The third-order valence-corrected chi connectivity index (χ3v) is 5.79. The molecule has 1 atom stereocenters. The Balaban J connectivity index is 1.65. The fourth-order valence-corrected chi connectivity index (χ4v) is 4.34. The minimum atomic E-state index is 0.0224. The molecule has 3 heterocycles. The lowest BCUT2D eigenvalue weighted by atomic mass is 9.96. The van der Waals surface area contributed by atoms with Crippen LogP contribution in [0.2, 0.25) is 0 Å². The van der Waals surface area contributed by atoms with Crippen LogP contribution in [-0.2, 0) is 9.53 Å². The first-order valence-electron chi connectivity index (χ1n) is 9.56. The molecule has 2 aliphatic rings. The van der Waals surface area contributed by atoms with Crippen LogP contribution in [0.15, 0.2) is 11.2 Å². The van der Waals surface area contributed by atoms with Gasteiger partial charge in [0.05, 0.1) is 19.1 Å². The molecule has 0 radical (unpaired) electrons. The Morgan fingerprint density at radius 2 is 2.15 bits per heavy atom. The summed E-state index contributed by atoms with van der Waals surface area (Å²) in [5, 5.41) is 0.732. The van der Waals surface area contributed by atoms with E-state index in [1.165, 1.54) is 0 Å². The summed E-state index contributed by atoms with van der Waals surface area (Å²) in [5.41, 5.74) is 6.00. The average Bonchev–Trinajstić information content (AvgIpc) is 2.68. The van der Waals surface area contributed by atoms with Crippen LogP contribution in [0.3, 0.4) is 0 Å². The van der Waals surface area contributed by atoms with Crippen molar-refractivity contribution in [2.24, 2.45) is 5.92 Å². The highest BCUT2D eigenvalue weighted by atomic mass is 32.2. The van der Waals surface area contributed by atoms with E-state index < -0.39 is 0 Å². The van der Waals surface area contributed by atoms with E-state index in [1.54, 1.807) is 11.8 Å². The van der Waals surface area contributed by atoms with Gasteiger partial charge in [0.1, 0.15) is 11.6 Å². The molecule has 0 spiro atoms. The van der Waals surface area contributed by atoms with Crippen LogP contribution in [-0.4, -0.2) is 65.9 Å². The average molecular weight is 380 g/mol. The first kappa shape index (κ1) is 19.2. The molecule has 1 amide bonds. The molecule has 2 saturated heterocycles. The largest absolute Gasteiger partial charge is 0.383 e. The second-order valence-electron chi connectivity index (χ2n) is 6.86. The fraction of sp³-hybridized carbons (Fsp3) is 0.722. The third kappa shape index (κ3) is 5.01. The summed E-state index contributed by atoms with van der Waals surface area (Å²) in [5.74, 6) is 2.61. The van der Waals surface area contributed by atoms with Crippen molar-refractivity contribution in [3.8, 4) is 0 Å². The third-order valence-electron chi connectivity index (χ3n) is 4.86. The van der Waals surface area contributed by atoms with Crippen LogP contribution in [0.4, 0.5) is 11.6 Å². The smallest absolute Gasteiger partial charge is 0.227 e. The molecule has 8 heteroatoms. The van der Waals surface area contributed by atoms with Gasteiger partial charge in [-0.05, 0) is 19.3 Å². The SMILES string of the molecule is CCCCSc1nc(N)cc(N2CCC[C@H](C(=O)N3CCOCC3)C2)n1. The van der Waals surface area contributed by atoms with Crippen molar-refractivity contribution in [1.29, 1.82) is 0 Å². The Hall–Kier alpha value is -1.54. The number of ether oxygens (including phenoxy) is 1. The summed E-state index contributed by atoms with van der Waals surface area (Å²) < 4.78 is 5.36. The maximum Gasteiger partial charge on any atom is 0.227 e. The molecule has 2 aliphatic heterocycles. The number of carbonyl (C=O) groups excluding carboxylic acids is 1. The van der Waals surface area contributed by atoms with E-state index in [2.05, 4.69) is 21.8 Å². The van der Waals surface area contributed by atoms with Crippen molar-refractivity contribution in [3.05, 3.63) is 6.07 Å². The van der Waals surface area contributed by atoms with Crippen LogP contribution in [0.5, 0.6) is 0 Å². The maximum absolute atomic E-state index is 12.8. The summed E-state index contributed by atoms with van der Waals surface area (Å²) in [6, 6.07) is 1.82. The maximum atomic E-state index is 12.8. The number of anilines is 2. The summed E-state index contributed by atoms with van der Waals surface area (Å²) in [4.78, 5) is 26.0. The molecule has 0 aromatic carbocycles.